The van der Waals surface area contributed by atoms with Crippen molar-refractivity contribution < 1.29 is 19.7 Å². The molecule has 2 N–H and O–H groups in total. The van der Waals surface area contributed by atoms with Crippen LogP contribution in [0.2, 0.25) is 0 Å². The molecule has 0 heterocycles. The van der Waals surface area contributed by atoms with Crippen molar-refractivity contribution in [2.24, 2.45) is 0 Å². The Balaban J connectivity index is 2.92. The van der Waals surface area contributed by atoms with Crippen LogP contribution >= 0.6 is 0 Å². The lowest BCUT2D eigenvalue weighted by Gasteiger charge is -2.07. The molecule has 14 heavy (non-hydrogen) atoms. The van der Waals surface area contributed by atoms with Crippen LogP contribution in [0.3, 0.4) is 0 Å². The lowest BCUT2D eigenvalue weighted by Crippen LogP contribution is -2.13. The summed E-state index contributed by atoms with van der Waals surface area (Å²) >= 11 is 0. The van der Waals surface area contributed by atoms with Crippen molar-refractivity contribution in [3.63, 3.8) is 0 Å². The lowest BCUT2D eigenvalue weighted by molar-refractivity contribution is 0.0401. The Morgan fingerprint density at radius 2 is 1.21 bits per heavy atom. The monoisotopic (exact) mass is 204 g/mol. The standard InChI is InChI=1S/C10H20O4/c1-9(11)7-13-5-3-4-6-14-8-10(2)12/h9-12H,1-8H2. The quantitative estimate of drug-likeness (QED) is 0.526. The van der Waals surface area contributed by atoms with Gasteiger partial charge in [0, 0.05) is 13.2 Å². The summed E-state index contributed by atoms with van der Waals surface area (Å²) in [5.41, 5.74) is 0. The van der Waals surface area contributed by atoms with Crippen molar-refractivity contribution in [1.82, 2.24) is 0 Å². The fourth-order valence-electron chi connectivity index (χ4n) is 0.847. The molecule has 0 aromatic rings. The highest BCUT2D eigenvalue weighted by Crippen LogP contribution is 1.93. The van der Waals surface area contributed by atoms with Gasteiger partial charge in [0.15, 0.2) is 0 Å². The molecule has 0 saturated carbocycles. The van der Waals surface area contributed by atoms with Crippen molar-refractivity contribution in [3.8, 4) is 0 Å². The second-order valence-corrected chi connectivity index (χ2v) is 3.16. The minimum absolute atomic E-state index is 0.276. The van der Waals surface area contributed by atoms with Crippen LogP contribution in [-0.4, -0.2) is 48.8 Å². The molecular formula is C10H20O4. The second kappa shape index (κ2) is 9.40. The Bertz CT molecular complexity index is 101. The molecule has 0 aliphatic rings. The highest BCUT2D eigenvalue weighted by atomic mass is 16.5. The molecule has 4 nitrogen and oxygen atoms in total. The van der Waals surface area contributed by atoms with Gasteiger partial charge in [-0.15, -0.1) is 0 Å². The van der Waals surface area contributed by atoms with Crippen molar-refractivity contribution in [2.75, 3.05) is 26.4 Å². The van der Waals surface area contributed by atoms with E-state index in [0.29, 0.717) is 13.2 Å². The Kier molecular flexibility index (Phi) is 9.29. The molecule has 0 aromatic heterocycles. The van der Waals surface area contributed by atoms with Crippen LogP contribution in [0, 0.1) is 13.8 Å². The summed E-state index contributed by atoms with van der Waals surface area (Å²) in [7, 11) is 0. The third-order valence-electron chi connectivity index (χ3n) is 1.45. The SMILES string of the molecule is [CH2]C(O)COCCCCOCC([CH2])O. The maximum Gasteiger partial charge on any atom is 0.0774 e. The first-order chi connectivity index (χ1) is 6.63. The van der Waals surface area contributed by atoms with E-state index < -0.39 is 12.2 Å². The number of unbranched alkanes of at least 4 members (excludes halogenated alkanes) is 1. The van der Waals surface area contributed by atoms with Crippen LogP contribution in [-0.2, 0) is 9.47 Å². The zero-order valence-corrected chi connectivity index (χ0v) is 8.52. The van der Waals surface area contributed by atoms with E-state index in [-0.39, 0.29) is 13.2 Å². The van der Waals surface area contributed by atoms with Gasteiger partial charge in [-0.25, -0.2) is 0 Å². The maximum absolute atomic E-state index is 8.76. The predicted octanol–water partition coefficient (Wildman–Crippen LogP) is 0.190. The molecular weight excluding hydrogens is 184 g/mol. The van der Waals surface area contributed by atoms with Crippen LogP contribution in [0.1, 0.15) is 12.8 Å². The molecule has 0 spiro atoms. The molecule has 4 heteroatoms. The van der Waals surface area contributed by atoms with E-state index in [9.17, 15) is 0 Å². The smallest absolute Gasteiger partial charge is 0.0774 e. The molecule has 0 rings (SSSR count). The molecule has 84 valence electrons. The van der Waals surface area contributed by atoms with Gasteiger partial charge in [0.2, 0.25) is 0 Å². The maximum atomic E-state index is 8.76. The van der Waals surface area contributed by atoms with Crippen LogP contribution in [0.4, 0.5) is 0 Å². The highest BCUT2D eigenvalue weighted by Gasteiger charge is 1.97. The minimum atomic E-state index is -0.646. The third kappa shape index (κ3) is 11.8. The Hall–Kier alpha value is -0.160. The number of hydrogen-bond acceptors (Lipinski definition) is 4. The largest absolute Gasteiger partial charge is 0.391 e. The van der Waals surface area contributed by atoms with Gasteiger partial charge in [-0.1, -0.05) is 0 Å². The molecule has 0 bridgehead atoms. The van der Waals surface area contributed by atoms with Crippen molar-refractivity contribution in [3.05, 3.63) is 13.8 Å². The number of aliphatic hydroxyl groups is 2. The van der Waals surface area contributed by atoms with Gasteiger partial charge in [0.05, 0.1) is 25.4 Å². The molecule has 2 atom stereocenters. The summed E-state index contributed by atoms with van der Waals surface area (Å²) in [4.78, 5) is 0. The molecule has 0 saturated heterocycles. The zero-order chi connectivity index (χ0) is 10.8. The summed E-state index contributed by atoms with van der Waals surface area (Å²) in [5, 5.41) is 17.5. The van der Waals surface area contributed by atoms with E-state index in [1.807, 2.05) is 0 Å². The molecule has 2 unspecified atom stereocenters. The predicted molar refractivity (Wildman–Crippen MR) is 53.6 cm³/mol. The van der Waals surface area contributed by atoms with Gasteiger partial charge < -0.3 is 19.7 Å². The first-order valence-corrected chi connectivity index (χ1v) is 4.80. The van der Waals surface area contributed by atoms with E-state index in [0.717, 1.165) is 12.8 Å². The van der Waals surface area contributed by atoms with Gasteiger partial charge in [0.1, 0.15) is 0 Å². The van der Waals surface area contributed by atoms with Crippen molar-refractivity contribution in [2.45, 2.75) is 25.0 Å². The van der Waals surface area contributed by atoms with Crippen LogP contribution < -0.4 is 0 Å². The Morgan fingerprint density at radius 1 is 0.857 bits per heavy atom. The second-order valence-electron chi connectivity index (χ2n) is 3.16. The fraction of sp³-hybridized carbons (Fsp3) is 0.800. The highest BCUT2D eigenvalue weighted by molar-refractivity contribution is 4.54. The average molecular weight is 204 g/mol. The van der Waals surface area contributed by atoms with Gasteiger partial charge in [0.25, 0.3) is 0 Å². The molecule has 0 aromatic carbocycles. The first-order valence-electron chi connectivity index (χ1n) is 4.80. The number of ether oxygens (including phenoxy) is 2. The van der Waals surface area contributed by atoms with E-state index in [1.54, 1.807) is 0 Å². The van der Waals surface area contributed by atoms with Gasteiger partial charge in [-0.2, -0.15) is 0 Å². The van der Waals surface area contributed by atoms with E-state index in [1.165, 1.54) is 0 Å². The summed E-state index contributed by atoms with van der Waals surface area (Å²) in [6.07, 6.45) is 0.458. The molecule has 0 fully saturated rings. The number of rotatable bonds is 9. The van der Waals surface area contributed by atoms with Crippen molar-refractivity contribution in [1.29, 1.82) is 0 Å². The van der Waals surface area contributed by atoms with Gasteiger partial charge in [-0.3, -0.25) is 0 Å². The molecule has 0 amide bonds. The Labute approximate surface area is 85.8 Å². The van der Waals surface area contributed by atoms with Gasteiger partial charge >= 0.3 is 0 Å². The molecule has 0 aliphatic carbocycles. The van der Waals surface area contributed by atoms with E-state index in [2.05, 4.69) is 13.8 Å². The van der Waals surface area contributed by atoms with Gasteiger partial charge in [-0.05, 0) is 26.7 Å². The van der Waals surface area contributed by atoms with E-state index >= 15 is 0 Å². The van der Waals surface area contributed by atoms with Crippen molar-refractivity contribution >= 4 is 0 Å². The lowest BCUT2D eigenvalue weighted by atomic mass is 10.3. The summed E-state index contributed by atoms with van der Waals surface area (Å²) in [6.45, 7) is 8.51. The van der Waals surface area contributed by atoms with Crippen LogP contribution in [0.5, 0.6) is 0 Å². The molecule has 0 aliphatic heterocycles. The Morgan fingerprint density at radius 3 is 1.50 bits per heavy atom. The number of aliphatic hydroxyl groups excluding tert-OH is 2. The first kappa shape index (κ1) is 13.8. The normalized spacial score (nSPS) is 15.4. The summed E-state index contributed by atoms with van der Waals surface area (Å²) in [5.74, 6) is 0. The minimum Gasteiger partial charge on any atom is -0.391 e. The fourth-order valence-corrected chi connectivity index (χ4v) is 0.847. The summed E-state index contributed by atoms with van der Waals surface area (Å²) < 4.78 is 10.2. The summed E-state index contributed by atoms with van der Waals surface area (Å²) in [6, 6.07) is 0. The third-order valence-corrected chi connectivity index (χ3v) is 1.45. The van der Waals surface area contributed by atoms with E-state index in [4.69, 9.17) is 19.7 Å². The van der Waals surface area contributed by atoms with Crippen LogP contribution in [0.15, 0.2) is 0 Å². The zero-order valence-electron chi connectivity index (χ0n) is 8.52. The topological polar surface area (TPSA) is 58.9 Å². The molecule has 2 radical (unpaired) electrons. The average Bonchev–Trinajstić information content (AvgIpc) is 2.08. The van der Waals surface area contributed by atoms with Crippen LogP contribution in [0.25, 0.3) is 0 Å². The number of hydrogen-bond donors (Lipinski definition) is 2.